The van der Waals surface area contributed by atoms with Crippen LogP contribution in [-0.2, 0) is 0 Å². The SMILES string of the molecule is CCN(CC)c1ccc(N=Nc2ccc3c4c(cccc24)C(=O)N(C)C3=O)c(C)c1. The zero-order chi connectivity index (χ0) is 21.4. The number of imide groups is 1. The summed E-state index contributed by atoms with van der Waals surface area (Å²) in [6.07, 6.45) is 0. The molecule has 0 radical (unpaired) electrons. The molecule has 0 fully saturated rings. The molecule has 1 aliphatic rings. The Kier molecular flexibility index (Phi) is 5.08. The lowest BCUT2D eigenvalue weighted by molar-refractivity contribution is 0.0650. The second-order valence-corrected chi connectivity index (χ2v) is 7.37. The molecule has 1 aliphatic heterocycles. The third-order valence-corrected chi connectivity index (χ3v) is 5.66. The van der Waals surface area contributed by atoms with Gasteiger partial charge >= 0.3 is 0 Å². The van der Waals surface area contributed by atoms with E-state index in [0.29, 0.717) is 22.2 Å². The number of amides is 2. The van der Waals surface area contributed by atoms with Crippen molar-refractivity contribution in [3.8, 4) is 0 Å². The van der Waals surface area contributed by atoms with Gasteiger partial charge in [0, 0.05) is 47.7 Å². The fraction of sp³-hybridized carbons (Fsp3) is 0.250. The van der Waals surface area contributed by atoms with E-state index >= 15 is 0 Å². The Labute approximate surface area is 175 Å². The normalized spacial score (nSPS) is 13.5. The molecule has 0 saturated carbocycles. The highest BCUT2D eigenvalue weighted by molar-refractivity contribution is 6.26. The van der Waals surface area contributed by atoms with Crippen molar-refractivity contribution in [1.29, 1.82) is 0 Å². The second-order valence-electron chi connectivity index (χ2n) is 7.37. The Balaban J connectivity index is 1.75. The van der Waals surface area contributed by atoms with Gasteiger partial charge in [-0.1, -0.05) is 12.1 Å². The molecule has 6 heteroatoms. The summed E-state index contributed by atoms with van der Waals surface area (Å²) in [6, 6.07) is 15.1. The van der Waals surface area contributed by atoms with Crippen LogP contribution >= 0.6 is 0 Å². The van der Waals surface area contributed by atoms with Crippen LogP contribution in [0.1, 0.15) is 40.1 Å². The Morgan fingerprint density at radius 2 is 1.50 bits per heavy atom. The molecule has 0 saturated heterocycles. The number of carbonyl (C=O) groups is 2. The Bertz CT molecular complexity index is 1170. The third kappa shape index (κ3) is 3.14. The van der Waals surface area contributed by atoms with Gasteiger partial charge in [0.2, 0.25) is 0 Å². The van der Waals surface area contributed by atoms with Crippen molar-refractivity contribution < 1.29 is 9.59 Å². The van der Waals surface area contributed by atoms with Crippen LogP contribution < -0.4 is 4.90 Å². The van der Waals surface area contributed by atoms with Gasteiger partial charge in [0.05, 0.1) is 11.4 Å². The van der Waals surface area contributed by atoms with Crippen LogP contribution in [0.5, 0.6) is 0 Å². The van der Waals surface area contributed by atoms with Crippen molar-refractivity contribution >= 4 is 39.6 Å². The van der Waals surface area contributed by atoms with Crippen LogP contribution in [0.2, 0.25) is 0 Å². The first-order valence-electron chi connectivity index (χ1n) is 10.1. The van der Waals surface area contributed by atoms with Gasteiger partial charge in [0.15, 0.2) is 0 Å². The summed E-state index contributed by atoms with van der Waals surface area (Å²) in [7, 11) is 1.50. The smallest absolute Gasteiger partial charge is 0.261 e. The summed E-state index contributed by atoms with van der Waals surface area (Å²) in [4.78, 5) is 28.5. The lowest BCUT2D eigenvalue weighted by atomic mass is 9.93. The summed E-state index contributed by atoms with van der Waals surface area (Å²) >= 11 is 0. The van der Waals surface area contributed by atoms with Crippen molar-refractivity contribution in [3.05, 3.63) is 65.2 Å². The van der Waals surface area contributed by atoms with Gasteiger partial charge in [0.25, 0.3) is 11.8 Å². The second kappa shape index (κ2) is 7.71. The van der Waals surface area contributed by atoms with Gasteiger partial charge in [-0.2, -0.15) is 5.11 Å². The zero-order valence-corrected chi connectivity index (χ0v) is 17.6. The minimum Gasteiger partial charge on any atom is -0.372 e. The summed E-state index contributed by atoms with van der Waals surface area (Å²) in [5.74, 6) is -0.593. The van der Waals surface area contributed by atoms with Crippen LogP contribution in [0.25, 0.3) is 10.8 Å². The third-order valence-electron chi connectivity index (χ3n) is 5.66. The lowest BCUT2D eigenvalue weighted by Gasteiger charge is -2.23. The molecule has 0 bridgehead atoms. The quantitative estimate of drug-likeness (QED) is 0.411. The number of nitrogens with zero attached hydrogens (tertiary/aromatic N) is 4. The summed E-state index contributed by atoms with van der Waals surface area (Å²) in [5, 5.41) is 10.3. The van der Waals surface area contributed by atoms with Gasteiger partial charge < -0.3 is 4.90 Å². The van der Waals surface area contributed by atoms with E-state index in [1.165, 1.54) is 12.7 Å². The van der Waals surface area contributed by atoms with E-state index in [1.54, 1.807) is 18.2 Å². The maximum absolute atomic E-state index is 12.5. The number of carbonyl (C=O) groups excluding carboxylic acids is 2. The van der Waals surface area contributed by atoms with E-state index in [0.717, 1.165) is 34.6 Å². The first-order chi connectivity index (χ1) is 14.5. The first kappa shape index (κ1) is 19.8. The molecule has 0 N–H and O–H groups in total. The molecule has 0 aliphatic carbocycles. The highest BCUT2D eigenvalue weighted by atomic mass is 16.2. The molecule has 30 heavy (non-hydrogen) atoms. The predicted octanol–water partition coefficient (Wildman–Crippen LogP) is 5.64. The number of aryl methyl sites for hydroxylation is 1. The van der Waals surface area contributed by atoms with Gasteiger partial charge in [-0.25, -0.2) is 0 Å². The van der Waals surface area contributed by atoms with E-state index in [2.05, 4.69) is 41.1 Å². The van der Waals surface area contributed by atoms with Gasteiger partial charge in [-0.3, -0.25) is 14.5 Å². The van der Waals surface area contributed by atoms with Gasteiger partial charge in [0.1, 0.15) is 0 Å². The van der Waals surface area contributed by atoms with Crippen LogP contribution in [0.3, 0.4) is 0 Å². The zero-order valence-electron chi connectivity index (χ0n) is 17.6. The van der Waals surface area contributed by atoms with Crippen LogP contribution in [0.15, 0.2) is 58.8 Å². The Morgan fingerprint density at radius 1 is 0.867 bits per heavy atom. The molecule has 0 spiro atoms. The fourth-order valence-corrected chi connectivity index (χ4v) is 3.93. The molecular formula is C24H24N4O2. The number of anilines is 1. The molecule has 3 aromatic rings. The van der Waals surface area contributed by atoms with Crippen molar-refractivity contribution in [3.63, 3.8) is 0 Å². The topological polar surface area (TPSA) is 65.3 Å². The maximum Gasteiger partial charge on any atom is 0.261 e. The summed E-state index contributed by atoms with van der Waals surface area (Å²) in [6.45, 7) is 8.19. The van der Waals surface area contributed by atoms with Gasteiger partial charge in [-0.15, -0.1) is 5.11 Å². The number of benzene rings is 3. The van der Waals surface area contributed by atoms with Crippen LogP contribution in [0, 0.1) is 6.92 Å². The van der Waals surface area contributed by atoms with Crippen molar-refractivity contribution in [2.24, 2.45) is 10.2 Å². The summed E-state index contributed by atoms with van der Waals surface area (Å²) < 4.78 is 0. The Morgan fingerprint density at radius 3 is 2.17 bits per heavy atom. The number of rotatable bonds is 5. The highest BCUT2D eigenvalue weighted by Crippen LogP contribution is 2.36. The van der Waals surface area contributed by atoms with Crippen molar-refractivity contribution in [2.45, 2.75) is 20.8 Å². The molecule has 4 rings (SSSR count). The molecule has 6 nitrogen and oxygen atoms in total. The average Bonchev–Trinajstić information content (AvgIpc) is 2.76. The Hall–Kier alpha value is -3.54. The summed E-state index contributed by atoms with van der Waals surface area (Å²) in [5.41, 5.74) is 4.66. The number of hydrogen-bond donors (Lipinski definition) is 0. The molecule has 0 aromatic heterocycles. The molecule has 152 valence electrons. The molecule has 2 amide bonds. The van der Waals surface area contributed by atoms with E-state index in [-0.39, 0.29) is 11.8 Å². The first-order valence-corrected chi connectivity index (χ1v) is 10.1. The fourth-order valence-electron chi connectivity index (χ4n) is 3.93. The van der Waals surface area contributed by atoms with E-state index in [1.807, 2.05) is 25.1 Å². The molecule has 0 atom stereocenters. The van der Waals surface area contributed by atoms with E-state index < -0.39 is 0 Å². The average molecular weight is 400 g/mol. The number of azo groups is 1. The van der Waals surface area contributed by atoms with Crippen LogP contribution in [0.4, 0.5) is 17.1 Å². The van der Waals surface area contributed by atoms with Crippen LogP contribution in [-0.4, -0.2) is 36.9 Å². The monoisotopic (exact) mass is 400 g/mol. The van der Waals surface area contributed by atoms with Crippen molar-refractivity contribution in [2.75, 3.05) is 25.0 Å². The highest BCUT2D eigenvalue weighted by Gasteiger charge is 2.30. The van der Waals surface area contributed by atoms with E-state index in [9.17, 15) is 9.59 Å². The molecule has 1 heterocycles. The molecular weight excluding hydrogens is 376 g/mol. The predicted molar refractivity (Wildman–Crippen MR) is 119 cm³/mol. The van der Waals surface area contributed by atoms with E-state index in [4.69, 9.17) is 0 Å². The maximum atomic E-state index is 12.5. The molecule has 3 aromatic carbocycles. The standard InChI is InChI=1S/C24H24N4O2/c1-5-28(6-2)16-10-12-20(15(3)14-16)25-26-21-13-11-19-22-17(21)8-7-9-18(22)23(29)27(4)24(19)30/h7-14H,5-6H2,1-4H3. The lowest BCUT2D eigenvalue weighted by Crippen LogP contribution is -2.36. The minimum atomic E-state index is -0.296. The minimum absolute atomic E-state index is 0.296. The van der Waals surface area contributed by atoms with Crippen molar-refractivity contribution in [1.82, 2.24) is 4.90 Å². The largest absolute Gasteiger partial charge is 0.372 e. The molecule has 0 unspecified atom stereocenters. The van der Waals surface area contributed by atoms with Gasteiger partial charge in [-0.05, 0) is 62.7 Å². The number of hydrogen-bond acceptors (Lipinski definition) is 5.